The van der Waals surface area contributed by atoms with Gasteiger partial charge in [0.1, 0.15) is 5.02 Å². The molecule has 0 unspecified atom stereocenters. The lowest BCUT2D eigenvalue weighted by Gasteiger charge is -2.35. The molecule has 1 fully saturated rings. The van der Waals surface area contributed by atoms with Crippen molar-refractivity contribution in [3.05, 3.63) is 52.8 Å². The van der Waals surface area contributed by atoms with E-state index in [2.05, 4.69) is 16.5 Å². The molecule has 0 saturated carbocycles. The number of anilines is 1. The quantitative estimate of drug-likeness (QED) is 0.636. The second kappa shape index (κ2) is 9.18. The fraction of sp³-hybridized carbons (Fsp3) is 0.348. The third-order valence-corrected chi connectivity index (χ3v) is 5.85. The number of carbonyl (C=O) groups excluding carboxylic acids is 2. The summed E-state index contributed by atoms with van der Waals surface area (Å²) in [6, 6.07) is 7.27. The standard InChI is InChI=1S/C23H25ClN4O4/c1-14(29)26-17-4-5-21-19(10-17)16(12-27(21)2)8-18-13-32-7-6-28(18)23(30)15-9-20(24)22(31-3)25-11-15/h4-5,9-12,18H,6-8,13H2,1-3H3,(H,26,29)/t18-/m0/s1. The normalized spacial score (nSPS) is 16.2. The van der Waals surface area contributed by atoms with Gasteiger partial charge in [0.05, 0.1) is 31.9 Å². The number of methoxy groups -OCH3 is 1. The molecule has 1 aliphatic heterocycles. The zero-order valence-corrected chi connectivity index (χ0v) is 19.0. The molecule has 1 aromatic carbocycles. The molecule has 0 radical (unpaired) electrons. The molecule has 8 nitrogen and oxygen atoms in total. The highest BCUT2D eigenvalue weighted by Gasteiger charge is 2.29. The fourth-order valence-corrected chi connectivity index (χ4v) is 4.36. The number of carbonyl (C=O) groups is 2. The van der Waals surface area contributed by atoms with Gasteiger partial charge in [0.25, 0.3) is 5.91 Å². The summed E-state index contributed by atoms with van der Waals surface area (Å²) < 4.78 is 12.8. The first-order chi connectivity index (χ1) is 15.4. The second-order valence-corrected chi connectivity index (χ2v) is 8.23. The number of pyridine rings is 1. The first-order valence-electron chi connectivity index (χ1n) is 10.3. The van der Waals surface area contributed by atoms with Gasteiger partial charge in [-0.25, -0.2) is 4.98 Å². The Bertz CT molecular complexity index is 1180. The minimum absolute atomic E-state index is 0.119. The van der Waals surface area contributed by atoms with E-state index in [9.17, 15) is 9.59 Å². The molecule has 4 rings (SSSR count). The van der Waals surface area contributed by atoms with Crippen LogP contribution in [0.25, 0.3) is 10.9 Å². The number of hydrogen-bond donors (Lipinski definition) is 1. The van der Waals surface area contributed by atoms with Crippen molar-refractivity contribution in [1.29, 1.82) is 0 Å². The highest BCUT2D eigenvalue weighted by atomic mass is 35.5. The number of ether oxygens (including phenoxy) is 2. The van der Waals surface area contributed by atoms with E-state index in [1.807, 2.05) is 34.7 Å². The van der Waals surface area contributed by atoms with Gasteiger partial charge in [-0.2, -0.15) is 0 Å². The summed E-state index contributed by atoms with van der Waals surface area (Å²) in [5.41, 5.74) is 3.28. The summed E-state index contributed by atoms with van der Waals surface area (Å²) in [7, 11) is 3.46. The number of halogens is 1. The monoisotopic (exact) mass is 456 g/mol. The zero-order chi connectivity index (χ0) is 22.8. The van der Waals surface area contributed by atoms with E-state index in [4.69, 9.17) is 21.1 Å². The van der Waals surface area contributed by atoms with E-state index in [1.54, 1.807) is 6.07 Å². The van der Waals surface area contributed by atoms with Gasteiger partial charge in [0.15, 0.2) is 0 Å². The fourth-order valence-electron chi connectivity index (χ4n) is 4.12. The molecule has 2 amide bonds. The molecule has 1 aliphatic rings. The molecule has 32 heavy (non-hydrogen) atoms. The zero-order valence-electron chi connectivity index (χ0n) is 18.2. The van der Waals surface area contributed by atoms with E-state index >= 15 is 0 Å². The number of fused-ring (bicyclic) bond motifs is 1. The largest absolute Gasteiger partial charge is 0.480 e. The lowest BCUT2D eigenvalue weighted by atomic mass is 10.0. The van der Waals surface area contributed by atoms with Crippen molar-refractivity contribution in [3.8, 4) is 5.88 Å². The minimum atomic E-state index is -0.146. The molecule has 3 heterocycles. The molecule has 0 bridgehead atoms. The van der Waals surface area contributed by atoms with Crippen LogP contribution in [0.15, 0.2) is 36.7 Å². The highest BCUT2D eigenvalue weighted by Crippen LogP contribution is 2.28. The van der Waals surface area contributed by atoms with Crippen molar-refractivity contribution < 1.29 is 19.1 Å². The van der Waals surface area contributed by atoms with Gasteiger partial charge in [-0.3, -0.25) is 9.59 Å². The third kappa shape index (κ3) is 4.42. The Labute approximate surface area is 191 Å². The predicted molar refractivity (Wildman–Crippen MR) is 122 cm³/mol. The van der Waals surface area contributed by atoms with Crippen LogP contribution in [-0.4, -0.2) is 59.2 Å². The minimum Gasteiger partial charge on any atom is -0.480 e. The van der Waals surface area contributed by atoms with Crippen LogP contribution >= 0.6 is 11.6 Å². The lowest BCUT2D eigenvalue weighted by Crippen LogP contribution is -2.49. The number of rotatable bonds is 5. The van der Waals surface area contributed by atoms with Crippen LogP contribution < -0.4 is 10.1 Å². The van der Waals surface area contributed by atoms with Gasteiger partial charge in [-0.1, -0.05) is 11.6 Å². The third-order valence-electron chi connectivity index (χ3n) is 5.58. The maximum Gasteiger partial charge on any atom is 0.255 e. The van der Waals surface area contributed by atoms with Crippen molar-refractivity contribution in [1.82, 2.24) is 14.5 Å². The summed E-state index contributed by atoms with van der Waals surface area (Å²) in [6.07, 6.45) is 4.16. The van der Waals surface area contributed by atoms with Crippen molar-refractivity contribution in [2.75, 3.05) is 32.2 Å². The predicted octanol–water partition coefficient (Wildman–Crippen LogP) is 3.28. The maximum absolute atomic E-state index is 13.3. The van der Waals surface area contributed by atoms with Crippen molar-refractivity contribution >= 4 is 40.0 Å². The first kappa shape index (κ1) is 22.1. The molecular formula is C23H25ClN4O4. The number of aryl methyl sites for hydroxylation is 1. The Morgan fingerprint density at radius 1 is 1.34 bits per heavy atom. The summed E-state index contributed by atoms with van der Waals surface area (Å²) in [6.45, 7) is 2.88. The smallest absolute Gasteiger partial charge is 0.255 e. The Hall–Kier alpha value is -3.10. The van der Waals surface area contributed by atoms with Crippen LogP contribution in [0.2, 0.25) is 5.02 Å². The molecular weight excluding hydrogens is 432 g/mol. The van der Waals surface area contributed by atoms with Crippen molar-refractivity contribution in [2.24, 2.45) is 7.05 Å². The van der Waals surface area contributed by atoms with Crippen LogP contribution in [0.4, 0.5) is 5.69 Å². The van der Waals surface area contributed by atoms with E-state index in [0.717, 1.165) is 22.2 Å². The van der Waals surface area contributed by atoms with E-state index in [0.29, 0.717) is 36.8 Å². The summed E-state index contributed by atoms with van der Waals surface area (Å²) in [5.74, 6) is 0.0213. The van der Waals surface area contributed by atoms with Crippen LogP contribution in [0, 0.1) is 0 Å². The number of aromatic nitrogens is 2. The number of benzene rings is 1. The molecule has 0 spiro atoms. The number of nitrogens with zero attached hydrogens (tertiary/aromatic N) is 3. The Balaban J connectivity index is 1.62. The Kier molecular flexibility index (Phi) is 6.34. The highest BCUT2D eigenvalue weighted by molar-refractivity contribution is 6.32. The molecule has 2 aromatic heterocycles. The molecule has 1 atom stereocenters. The van der Waals surface area contributed by atoms with Gasteiger partial charge in [-0.05, 0) is 36.2 Å². The lowest BCUT2D eigenvalue weighted by molar-refractivity contribution is -0.114. The van der Waals surface area contributed by atoms with E-state index in [-0.39, 0.29) is 23.7 Å². The average Bonchev–Trinajstić information content (AvgIpc) is 3.07. The molecule has 1 saturated heterocycles. The van der Waals surface area contributed by atoms with Crippen LogP contribution in [-0.2, 0) is 23.0 Å². The van der Waals surface area contributed by atoms with Crippen LogP contribution in [0.5, 0.6) is 5.88 Å². The number of amides is 2. The number of nitrogens with one attached hydrogen (secondary N) is 1. The van der Waals surface area contributed by atoms with E-state index in [1.165, 1.54) is 20.2 Å². The van der Waals surface area contributed by atoms with Gasteiger partial charge in [-0.15, -0.1) is 0 Å². The van der Waals surface area contributed by atoms with Crippen LogP contribution in [0.3, 0.4) is 0 Å². The van der Waals surface area contributed by atoms with Gasteiger partial charge in [0, 0.05) is 49.5 Å². The summed E-state index contributed by atoms with van der Waals surface area (Å²) in [5, 5.41) is 4.16. The average molecular weight is 457 g/mol. The SMILES string of the molecule is COc1ncc(C(=O)N2CCOC[C@@H]2Cc2cn(C)c3ccc(NC(C)=O)cc23)cc1Cl. The van der Waals surface area contributed by atoms with Gasteiger partial charge in [0.2, 0.25) is 11.8 Å². The van der Waals surface area contributed by atoms with Crippen LogP contribution in [0.1, 0.15) is 22.8 Å². The molecule has 9 heteroatoms. The second-order valence-electron chi connectivity index (χ2n) is 7.82. The van der Waals surface area contributed by atoms with Crippen molar-refractivity contribution in [3.63, 3.8) is 0 Å². The number of hydrogen-bond acceptors (Lipinski definition) is 5. The topological polar surface area (TPSA) is 85.7 Å². The molecule has 168 valence electrons. The number of morpholine rings is 1. The Morgan fingerprint density at radius 3 is 2.88 bits per heavy atom. The van der Waals surface area contributed by atoms with Crippen molar-refractivity contribution in [2.45, 2.75) is 19.4 Å². The maximum atomic E-state index is 13.3. The Morgan fingerprint density at radius 2 is 2.16 bits per heavy atom. The summed E-state index contributed by atoms with van der Waals surface area (Å²) in [4.78, 5) is 30.7. The molecule has 1 N–H and O–H groups in total. The van der Waals surface area contributed by atoms with E-state index < -0.39 is 0 Å². The van der Waals surface area contributed by atoms with Gasteiger partial charge >= 0.3 is 0 Å². The van der Waals surface area contributed by atoms with Gasteiger partial charge < -0.3 is 24.3 Å². The molecule has 0 aliphatic carbocycles. The first-order valence-corrected chi connectivity index (χ1v) is 10.7. The molecule has 3 aromatic rings. The summed E-state index contributed by atoms with van der Waals surface area (Å²) >= 11 is 6.18.